The fourth-order valence-corrected chi connectivity index (χ4v) is 6.67. The van der Waals surface area contributed by atoms with Gasteiger partial charge in [-0.1, -0.05) is 11.6 Å². The van der Waals surface area contributed by atoms with E-state index in [1.807, 2.05) is 52.9 Å². The number of hydrogen-bond donors (Lipinski definition) is 1. The molecule has 0 saturated carbocycles. The highest BCUT2D eigenvalue weighted by atomic mass is 32.2. The molecule has 1 N–H and O–H groups in total. The van der Waals surface area contributed by atoms with Gasteiger partial charge in [0.1, 0.15) is 24.0 Å². The average Bonchev–Trinajstić information content (AvgIpc) is 3.35. The minimum absolute atomic E-state index is 0.116. The maximum Gasteiger partial charge on any atom is 0.258 e. The molecule has 1 amide bonds. The summed E-state index contributed by atoms with van der Waals surface area (Å²) < 4.78 is 34.6. The first-order chi connectivity index (χ1) is 19.6. The van der Waals surface area contributed by atoms with Gasteiger partial charge in [-0.05, 0) is 38.3 Å². The van der Waals surface area contributed by atoms with Gasteiger partial charge in [-0.2, -0.15) is 13.9 Å². The number of carbonyl (C=O) groups excluding carboxylic acids is 1. The number of sulfonamides is 1. The molecule has 13 heteroatoms. The number of hydrogen-bond acceptors (Lipinski definition) is 9. The monoisotopic (exact) mass is 583 g/mol. The molecule has 0 spiro atoms. The number of anilines is 2. The lowest BCUT2D eigenvalue weighted by Crippen LogP contribution is -2.51. The van der Waals surface area contributed by atoms with Crippen LogP contribution in [0.3, 0.4) is 0 Å². The van der Waals surface area contributed by atoms with E-state index in [0.717, 1.165) is 42.2 Å². The van der Waals surface area contributed by atoms with E-state index in [2.05, 4.69) is 0 Å². The molecular formula is C28H37N7O5S. The molecule has 220 valence electrons. The van der Waals surface area contributed by atoms with Crippen molar-refractivity contribution in [1.82, 2.24) is 23.8 Å². The Kier molecular flexibility index (Phi) is 7.28. The van der Waals surface area contributed by atoms with Gasteiger partial charge in [-0.25, -0.2) is 13.4 Å². The molecule has 2 fully saturated rings. The minimum atomic E-state index is -3.52. The summed E-state index contributed by atoms with van der Waals surface area (Å²) >= 11 is 0. The second-order valence-electron chi connectivity index (χ2n) is 11.3. The van der Waals surface area contributed by atoms with E-state index >= 15 is 0 Å². The van der Waals surface area contributed by atoms with Crippen molar-refractivity contribution in [2.75, 3.05) is 69.0 Å². The van der Waals surface area contributed by atoms with Gasteiger partial charge in [0.25, 0.3) is 5.91 Å². The van der Waals surface area contributed by atoms with Crippen LogP contribution in [0.4, 0.5) is 11.6 Å². The normalized spacial score (nSPS) is 21.5. The van der Waals surface area contributed by atoms with Gasteiger partial charge in [-0.3, -0.25) is 4.79 Å². The number of benzene rings is 1. The van der Waals surface area contributed by atoms with Crippen LogP contribution in [0.25, 0.3) is 5.65 Å². The number of nitrogens with zero attached hydrogens (tertiary/aromatic N) is 7. The van der Waals surface area contributed by atoms with Crippen molar-refractivity contribution in [3.8, 4) is 5.75 Å². The number of aryl methyl sites for hydroxylation is 1. The first-order valence-electron chi connectivity index (χ1n) is 14.1. The largest absolute Gasteiger partial charge is 0.491 e. The van der Waals surface area contributed by atoms with E-state index in [1.54, 1.807) is 10.6 Å². The number of fused-ring (bicyclic) bond motifs is 4. The Labute approximate surface area is 240 Å². The van der Waals surface area contributed by atoms with Gasteiger partial charge < -0.3 is 24.5 Å². The van der Waals surface area contributed by atoms with Crippen LogP contribution in [0, 0.1) is 6.92 Å². The van der Waals surface area contributed by atoms with Crippen molar-refractivity contribution in [2.24, 2.45) is 0 Å². The van der Waals surface area contributed by atoms with Gasteiger partial charge in [0.05, 0.1) is 29.7 Å². The molecule has 1 atom stereocenters. The highest BCUT2D eigenvalue weighted by Crippen LogP contribution is 2.35. The van der Waals surface area contributed by atoms with Crippen molar-refractivity contribution in [3.63, 3.8) is 0 Å². The molecule has 1 unspecified atom stereocenters. The van der Waals surface area contributed by atoms with Gasteiger partial charge in [0.2, 0.25) is 10.0 Å². The Morgan fingerprint density at radius 2 is 1.85 bits per heavy atom. The molecule has 0 radical (unpaired) electrons. The molecule has 5 heterocycles. The van der Waals surface area contributed by atoms with Crippen LogP contribution in [0.15, 0.2) is 30.3 Å². The topological polar surface area (TPSA) is 124 Å². The maximum absolute atomic E-state index is 14.1. The molecule has 0 aliphatic carbocycles. The van der Waals surface area contributed by atoms with Crippen LogP contribution in [-0.4, -0.2) is 109 Å². The number of amides is 1. The Balaban J connectivity index is 1.48. The number of β-amino-alcohol motifs (C(OH)–C–C–N with tert-alkyl or cyclic N) is 1. The van der Waals surface area contributed by atoms with E-state index < -0.39 is 10.0 Å². The number of ether oxygens (including phenoxy) is 1. The molecule has 2 aromatic heterocycles. The van der Waals surface area contributed by atoms with Gasteiger partial charge in [0, 0.05) is 58.4 Å². The fraction of sp³-hybridized carbons (Fsp3) is 0.536. The zero-order valence-electron chi connectivity index (χ0n) is 23.7. The SMILES string of the molecule is Cc1ccc2c(c1)C(=O)N1CCCCC1c1cc3nc(N4CC(O)C4)cc(n3n1)N(C)CCN(S(C)(=O)=O)CCO2. The van der Waals surface area contributed by atoms with Crippen LogP contribution in [-0.2, 0) is 10.0 Å². The lowest BCUT2D eigenvalue weighted by atomic mass is 9.97. The van der Waals surface area contributed by atoms with Gasteiger partial charge in [0.15, 0.2) is 5.65 Å². The van der Waals surface area contributed by atoms with E-state index in [9.17, 15) is 18.3 Å². The molecule has 3 aliphatic rings. The lowest BCUT2D eigenvalue weighted by molar-refractivity contribution is 0.0601. The molecule has 1 aromatic carbocycles. The lowest BCUT2D eigenvalue weighted by Gasteiger charge is -2.37. The van der Waals surface area contributed by atoms with E-state index in [-0.39, 0.29) is 37.7 Å². The number of aromatic nitrogens is 3. The Bertz CT molecular complexity index is 1570. The second-order valence-corrected chi connectivity index (χ2v) is 13.3. The quantitative estimate of drug-likeness (QED) is 0.480. The van der Waals surface area contributed by atoms with E-state index in [4.69, 9.17) is 14.8 Å². The smallest absolute Gasteiger partial charge is 0.258 e. The molecule has 3 aromatic rings. The van der Waals surface area contributed by atoms with Crippen LogP contribution in [0.1, 0.15) is 46.9 Å². The minimum Gasteiger partial charge on any atom is -0.491 e. The van der Waals surface area contributed by atoms with Crippen molar-refractivity contribution in [2.45, 2.75) is 38.3 Å². The van der Waals surface area contributed by atoms with Crippen molar-refractivity contribution in [3.05, 3.63) is 47.2 Å². The van der Waals surface area contributed by atoms with Crippen LogP contribution < -0.4 is 14.5 Å². The van der Waals surface area contributed by atoms with Crippen molar-refractivity contribution in [1.29, 1.82) is 0 Å². The summed E-state index contributed by atoms with van der Waals surface area (Å²) in [5.74, 6) is 1.80. The van der Waals surface area contributed by atoms with E-state index in [1.165, 1.54) is 10.6 Å². The highest BCUT2D eigenvalue weighted by molar-refractivity contribution is 7.88. The predicted molar refractivity (Wildman–Crippen MR) is 155 cm³/mol. The number of piperidine rings is 1. The summed E-state index contributed by atoms with van der Waals surface area (Å²) in [6.07, 6.45) is 3.48. The molecule has 3 aliphatic heterocycles. The second kappa shape index (κ2) is 10.8. The molecule has 6 rings (SSSR count). The third-order valence-electron chi connectivity index (χ3n) is 8.21. The van der Waals surface area contributed by atoms with Crippen LogP contribution in [0.2, 0.25) is 0 Å². The summed E-state index contributed by atoms with van der Waals surface area (Å²) in [4.78, 5) is 24.8. The predicted octanol–water partition coefficient (Wildman–Crippen LogP) is 1.68. The first kappa shape index (κ1) is 27.7. The molecule has 12 nitrogen and oxygen atoms in total. The Morgan fingerprint density at radius 3 is 2.61 bits per heavy atom. The Morgan fingerprint density at radius 1 is 1.05 bits per heavy atom. The summed E-state index contributed by atoms with van der Waals surface area (Å²) in [5.41, 5.74) is 2.81. The number of likely N-dealkylation sites (N-methyl/N-ethyl adjacent to an activating group) is 1. The maximum atomic E-state index is 14.1. The molecule has 2 bridgehead atoms. The summed E-state index contributed by atoms with van der Waals surface area (Å²) in [6, 6.07) is 9.18. The molecule has 41 heavy (non-hydrogen) atoms. The van der Waals surface area contributed by atoms with Crippen LogP contribution >= 0.6 is 0 Å². The van der Waals surface area contributed by atoms with E-state index in [0.29, 0.717) is 43.1 Å². The number of aliphatic hydroxyl groups is 1. The molecule has 2 saturated heterocycles. The number of carbonyl (C=O) groups is 1. The summed E-state index contributed by atoms with van der Waals surface area (Å²) in [7, 11) is -1.61. The van der Waals surface area contributed by atoms with Gasteiger partial charge in [-0.15, -0.1) is 0 Å². The summed E-state index contributed by atoms with van der Waals surface area (Å²) in [5, 5.41) is 14.9. The zero-order chi connectivity index (χ0) is 28.9. The third-order valence-corrected chi connectivity index (χ3v) is 9.52. The first-order valence-corrected chi connectivity index (χ1v) is 16.0. The van der Waals surface area contributed by atoms with Crippen LogP contribution in [0.5, 0.6) is 5.75 Å². The van der Waals surface area contributed by atoms with Crippen molar-refractivity contribution < 1.29 is 23.1 Å². The number of rotatable bonds is 2. The molecular weight excluding hydrogens is 546 g/mol. The summed E-state index contributed by atoms with van der Waals surface area (Å²) in [6.45, 7) is 4.45. The van der Waals surface area contributed by atoms with Gasteiger partial charge >= 0.3 is 0 Å². The fourth-order valence-electron chi connectivity index (χ4n) is 5.85. The zero-order valence-corrected chi connectivity index (χ0v) is 24.5. The Hall–Kier alpha value is -3.42. The highest BCUT2D eigenvalue weighted by Gasteiger charge is 2.33. The number of aliphatic hydroxyl groups excluding tert-OH is 1. The standard InChI is InChI=1S/C28H37N7O5S/c1-19-7-8-24-21(14-19)28(37)34-9-5-4-6-23(34)22-15-26-29-25(32-17-20(36)18-32)16-27(35(26)30-22)31(2)10-11-33(12-13-40-24)41(3,38)39/h7-8,14-16,20,23,36H,4-6,9-13,17-18H2,1-3H3. The third kappa shape index (κ3) is 5.45. The van der Waals surface area contributed by atoms with Crippen molar-refractivity contribution >= 4 is 33.2 Å². The average molecular weight is 584 g/mol.